The van der Waals surface area contributed by atoms with Gasteiger partial charge in [0.05, 0.1) is 11.4 Å². The van der Waals surface area contributed by atoms with E-state index in [-0.39, 0.29) is 11.3 Å². The van der Waals surface area contributed by atoms with Gasteiger partial charge in [0.25, 0.3) is 0 Å². The fourth-order valence-corrected chi connectivity index (χ4v) is 4.75. The Bertz CT molecular complexity index is 1100. The molecular formula is C27H37N5O. The monoisotopic (exact) mass is 447 g/mol. The van der Waals surface area contributed by atoms with Gasteiger partial charge in [0.15, 0.2) is 0 Å². The lowest BCUT2D eigenvalue weighted by atomic mass is 9.74. The van der Waals surface area contributed by atoms with Crippen LogP contribution >= 0.6 is 0 Å². The van der Waals surface area contributed by atoms with Gasteiger partial charge < -0.3 is 10.1 Å². The molecule has 3 heterocycles. The molecule has 33 heavy (non-hydrogen) atoms. The third-order valence-corrected chi connectivity index (χ3v) is 7.27. The quantitative estimate of drug-likeness (QED) is 0.541. The summed E-state index contributed by atoms with van der Waals surface area (Å²) >= 11 is 0. The molecule has 0 spiro atoms. The first-order valence-electron chi connectivity index (χ1n) is 12.0. The first-order valence-corrected chi connectivity index (χ1v) is 12.0. The summed E-state index contributed by atoms with van der Waals surface area (Å²) in [5, 5.41) is 8.38. The van der Waals surface area contributed by atoms with Crippen molar-refractivity contribution >= 4 is 5.82 Å². The average Bonchev–Trinajstić information content (AvgIpc) is 3.05. The van der Waals surface area contributed by atoms with E-state index >= 15 is 0 Å². The fraction of sp³-hybridized carbons (Fsp3) is 0.519. The van der Waals surface area contributed by atoms with Crippen LogP contribution in [0, 0.1) is 34.6 Å². The van der Waals surface area contributed by atoms with Gasteiger partial charge in [-0.05, 0) is 58.6 Å². The van der Waals surface area contributed by atoms with Crippen LogP contribution in [0.25, 0.3) is 0 Å². The van der Waals surface area contributed by atoms with E-state index in [2.05, 4.69) is 74.9 Å². The number of aromatic nitrogens is 4. The number of anilines is 1. The van der Waals surface area contributed by atoms with Crippen molar-refractivity contribution in [1.29, 1.82) is 0 Å². The number of ether oxygens (including phenoxy) is 1. The number of nitrogens with one attached hydrogen (secondary N) is 1. The van der Waals surface area contributed by atoms with E-state index in [4.69, 9.17) is 19.8 Å². The second-order valence-electron chi connectivity index (χ2n) is 9.72. The van der Waals surface area contributed by atoms with Crippen molar-refractivity contribution in [2.75, 3.05) is 25.1 Å². The molecule has 2 aromatic heterocycles. The molecule has 1 aromatic carbocycles. The van der Waals surface area contributed by atoms with Gasteiger partial charge in [-0.3, -0.25) is 4.68 Å². The summed E-state index contributed by atoms with van der Waals surface area (Å²) in [5.41, 5.74) is 7.35. The minimum Gasteiger partial charge on any atom is -0.381 e. The van der Waals surface area contributed by atoms with Gasteiger partial charge in [0.2, 0.25) is 0 Å². The molecule has 6 heteroatoms. The van der Waals surface area contributed by atoms with E-state index in [1.807, 2.05) is 6.92 Å². The van der Waals surface area contributed by atoms with Crippen LogP contribution in [0.15, 0.2) is 30.3 Å². The summed E-state index contributed by atoms with van der Waals surface area (Å²) in [6.45, 7) is 15.9. The minimum absolute atomic E-state index is 0.0534. The number of hydrogen-bond donors (Lipinski definition) is 1. The summed E-state index contributed by atoms with van der Waals surface area (Å²) < 4.78 is 7.81. The summed E-state index contributed by atoms with van der Waals surface area (Å²) in [5.74, 6) is 1.92. The number of rotatable bonds is 7. The van der Waals surface area contributed by atoms with Gasteiger partial charge in [0.1, 0.15) is 11.6 Å². The van der Waals surface area contributed by atoms with Crippen LogP contribution in [0.2, 0.25) is 0 Å². The van der Waals surface area contributed by atoms with E-state index < -0.39 is 0 Å². The van der Waals surface area contributed by atoms with Gasteiger partial charge in [-0.1, -0.05) is 36.8 Å². The van der Waals surface area contributed by atoms with Crippen LogP contribution in [0.4, 0.5) is 5.82 Å². The summed E-state index contributed by atoms with van der Waals surface area (Å²) in [7, 11) is 0. The molecule has 4 rings (SSSR count). The van der Waals surface area contributed by atoms with Crippen LogP contribution in [0.3, 0.4) is 0 Å². The lowest BCUT2D eigenvalue weighted by molar-refractivity contribution is 0.0543. The van der Waals surface area contributed by atoms with Gasteiger partial charge in [-0.25, -0.2) is 9.97 Å². The second-order valence-corrected chi connectivity index (χ2v) is 9.72. The highest BCUT2D eigenvalue weighted by Crippen LogP contribution is 2.35. The molecule has 1 saturated heterocycles. The molecule has 1 aliphatic heterocycles. The van der Waals surface area contributed by atoms with Crippen molar-refractivity contribution < 1.29 is 4.74 Å². The Kier molecular flexibility index (Phi) is 6.84. The Hall–Kier alpha value is -2.73. The lowest BCUT2D eigenvalue weighted by Crippen LogP contribution is -2.40. The highest BCUT2D eigenvalue weighted by atomic mass is 16.5. The van der Waals surface area contributed by atoms with Crippen molar-refractivity contribution in [3.05, 3.63) is 69.9 Å². The number of benzene rings is 1. The highest BCUT2D eigenvalue weighted by molar-refractivity contribution is 5.40. The Morgan fingerprint density at radius 3 is 2.36 bits per heavy atom. The summed E-state index contributed by atoms with van der Waals surface area (Å²) in [6, 6.07) is 11.1. The van der Waals surface area contributed by atoms with E-state index in [9.17, 15) is 0 Å². The van der Waals surface area contributed by atoms with Gasteiger partial charge in [-0.15, -0.1) is 0 Å². The first-order chi connectivity index (χ1) is 15.8. The smallest absolute Gasteiger partial charge is 0.129 e. The van der Waals surface area contributed by atoms with Crippen LogP contribution in [0.5, 0.6) is 0 Å². The lowest BCUT2D eigenvalue weighted by Gasteiger charge is -2.38. The summed E-state index contributed by atoms with van der Waals surface area (Å²) in [6.07, 6.45) is 2.02. The number of aryl methyl sites for hydroxylation is 3. The fourth-order valence-electron chi connectivity index (χ4n) is 4.75. The molecule has 0 saturated carbocycles. The zero-order valence-corrected chi connectivity index (χ0v) is 20.9. The molecule has 1 atom stereocenters. The van der Waals surface area contributed by atoms with E-state index in [0.717, 1.165) is 62.2 Å². The zero-order chi connectivity index (χ0) is 23.6. The molecule has 0 bridgehead atoms. The second kappa shape index (κ2) is 9.64. The Balaban J connectivity index is 1.53. The average molecular weight is 448 g/mol. The molecular weight excluding hydrogens is 410 g/mol. The van der Waals surface area contributed by atoms with Crippen molar-refractivity contribution in [3.8, 4) is 0 Å². The molecule has 0 amide bonds. The minimum atomic E-state index is 0.0534. The van der Waals surface area contributed by atoms with Crippen molar-refractivity contribution in [1.82, 2.24) is 19.7 Å². The van der Waals surface area contributed by atoms with Crippen LogP contribution in [0.1, 0.15) is 65.3 Å². The molecule has 0 unspecified atom stereocenters. The molecule has 0 radical (unpaired) electrons. The Morgan fingerprint density at radius 1 is 1.03 bits per heavy atom. The van der Waals surface area contributed by atoms with Crippen molar-refractivity contribution in [2.24, 2.45) is 0 Å². The largest absolute Gasteiger partial charge is 0.381 e. The molecule has 0 aliphatic carbocycles. The standard InChI is InChI=1S/C27H37N5O/c1-18-7-9-24(10-8-18)27(11-13-33-14-12-27)17-28-26-15-25(29-23(6)30-26)19(2)16-32-22(5)20(3)21(4)31-32/h7-10,15,19H,11-14,16-17H2,1-6H3,(H,28,29,30)/t19-/m0/s1. The first kappa shape index (κ1) is 23.4. The van der Waals surface area contributed by atoms with Gasteiger partial charge in [-0.2, -0.15) is 5.10 Å². The van der Waals surface area contributed by atoms with E-state index in [0.29, 0.717) is 0 Å². The highest BCUT2D eigenvalue weighted by Gasteiger charge is 2.34. The van der Waals surface area contributed by atoms with E-state index in [1.165, 1.54) is 22.4 Å². The number of nitrogens with zero attached hydrogens (tertiary/aromatic N) is 4. The normalized spacial score (nSPS) is 16.5. The van der Waals surface area contributed by atoms with Gasteiger partial charge in [0, 0.05) is 49.4 Å². The van der Waals surface area contributed by atoms with Crippen molar-refractivity contribution in [2.45, 2.75) is 72.3 Å². The molecule has 6 nitrogen and oxygen atoms in total. The third-order valence-electron chi connectivity index (χ3n) is 7.27. The van der Waals surface area contributed by atoms with Crippen LogP contribution in [-0.4, -0.2) is 39.5 Å². The predicted molar refractivity (Wildman–Crippen MR) is 133 cm³/mol. The van der Waals surface area contributed by atoms with Crippen molar-refractivity contribution in [3.63, 3.8) is 0 Å². The molecule has 1 N–H and O–H groups in total. The SMILES string of the molecule is Cc1ccc(C2(CNc3cc([C@@H](C)Cn4nc(C)c(C)c4C)nc(C)n3)CCOCC2)cc1. The van der Waals surface area contributed by atoms with E-state index in [1.54, 1.807) is 0 Å². The van der Waals surface area contributed by atoms with Crippen LogP contribution in [-0.2, 0) is 16.7 Å². The molecule has 1 fully saturated rings. The molecule has 176 valence electrons. The maximum absolute atomic E-state index is 5.71. The Morgan fingerprint density at radius 2 is 1.73 bits per heavy atom. The van der Waals surface area contributed by atoms with Crippen LogP contribution < -0.4 is 5.32 Å². The zero-order valence-electron chi connectivity index (χ0n) is 20.9. The predicted octanol–water partition coefficient (Wildman–Crippen LogP) is 5.18. The molecule has 1 aliphatic rings. The maximum atomic E-state index is 5.71. The topological polar surface area (TPSA) is 64.9 Å². The summed E-state index contributed by atoms with van der Waals surface area (Å²) in [4.78, 5) is 9.46. The maximum Gasteiger partial charge on any atom is 0.129 e. The third kappa shape index (κ3) is 5.11. The Labute approximate surface area is 197 Å². The van der Waals surface area contributed by atoms with Gasteiger partial charge >= 0.3 is 0 Å². The number of hydrogen-bond acceptors (Lipinski definition) is 5. The molecule has 3 aromatic rings.